The molecule has 1 N–H and O–H groups in total. The third kappa shape index (κ3) is 4.96. The smallest absolute Gasteiger partial charge is 0.263 e. The Morgan fingerprint density at radius 3 is 2.48 bits per heavy atom. The van der Waals surface area contributed by atoms with Crippen LogP contribution in [0.4, 0.5) is 5.69 Å². The minimum atomic E-state index is -3.75. The molecule has 3 aromatic rings. The van der Waals surface area contributed by atoms with E-state index in [1.165, 1.54) is 4.31 Å². The summed E-state index contributed by atoms with van der Waals surface area (Å²) in [5, 5.41) is 2.93. The van der Waals surface area contributed by atoms with E-state index >= 15 is 0 Å². The number of rotatable bonds is 7. The first-order chi connectivity index (χ1) is 15.9. The van der Waals surface area contributed by atoms with Crippen molar-refractivity contribution in [3.63, 3.8) is 0 Å². The predicted molar refractivity (Wildman–Crippen MR) is 127 cm³/mol. The van der Waals surface area contributed by atoms with E-state index in [0.29, 0.717) is 22.7 Å². The Balaban J connectivity index is 1.57. The average Bonchev–Trinajstić information content (AvgIpc) is 2.83. The third-order valence-electron chi connectivity index (χ3n) is 5.52. The van der Waals surface area contributed by atoms with Crippen LogP contribution in [-0.2, 0) is 20.6 Å². The van der Waals surface area contributed by atoms with E-state index in [1.807, 2.05) is 37.3 Å². The number of carbonyl (C=O) groups excluding carboxylic acids is 1. The second-order valence-electron chi connectivity index (χ2n) is 7.82. The summed E-state index contributed by atoms with van der Waals surface area (Å²) in [7, 11) is -2.18. The molecule has 1 aliphatic rings. The minimum Gasteiger partial charge on any atom is -0.496 e. The van der Waals surface area contributed by atoms with Gasteiger partial charge < -0.3 is 14.8 Å². The largest absolute Gasteiger partial charge is 0.496 e. The highest BCUT2D eigenvalue weighted by molar-refractivity contribution is 7.92. The number of hydrogen-bond acceptors (Lipinski definition) is 5. The molecule has 0 aromatic heterocycles. The Kier molecular flexibility index (Phi) is 6.55. The molecule has 0 saturated carbocycles. The van der Waals surface area contributed by atoms with E-state index in [4.69, 9.17) is 9.47 Å². The van der Waals surface area contributed by atoms with Gasteiger partial charge in [-0.3, -0.25) is 9.10 Å². The quantitative estimate of drug-likeness (QED) is 0.574. The summed E-state index contributed by atoms with van der Waals surface area (Å²) in [6.45, 7) is 1.73. The van der Waals surface area contributed by atoms with Crippen LogP contribution >= 0.6 is 0 Å². The van der Waals surface area contributed by atoms with Gasteiger partial charge in [-0.15, -0.1) is 0 Å². The molecule has 0 saturated heterocycles. The van der Waals surface area contributed by atoms with Crippen LogP contribution in [0.5, 0.6) is 11.5 Å². The number of nitrogens with zero attached hydrogens (tertiary/aromatic N) is 1. The van der Waals surface area contributed by atoms with Gasteiger partial charge in [0, 0.05) is 5.56 Å². The molecule has 1 amide bonds. The van der Waals surface area contributed by atoms with Crippen molar-refractivity contribution in [1.29, 1.82) is 0 Å². The monoisotopic (exact) mass is 466 g/mol. The first-order valence-corrected chi connectivity index (χ1v) is 12.2. The van der Waals surface area contributed by atoms with E-state index in [1.54, 1.807) is 55.6 Å². The molecule has 4 rings (SSSR count). The number of fused-ring (bicyclic) bond motifs is 1. The molecule has 33 heavy (non-hydrogen) atoms. The number of nitrogens with one attached hydrogen (secondary N) is 1. The number of amides is 1. The van der Waals surface area contributed by atoms with Crippen LogP contribution in [0.3, 0.4) is 0 Å². The number of hydrogen-bond donors (Lipinski definition) is 1. The van der Waals surface area contributed by atoms with Crippen LogP contribution in [0.2, 0.25) is 0 Å². The summed E-state index contributed by atoms with van der Waals surface area (Å²) >= 11 is 0. The number of ether oxygens (including phenoxy) is 2. The van der Waals surface area contributed by atoms with Crippen molar-refractivity contribution in [2.75, 3.05) is 18.0 Å². The Labute approximate surface area is 194 Å². The van der Waals surface area contributed by atoms with Gasteiger partial charge in [-0.2, -0.15) is 0 Å². The van der Waals surface area contributed by atoms with Gasteiger partial charge in [-0.1, -0.05) is 60.7 Å². The lowest BCUT2D eigenvalue weighted by atomic mass is 10.1. The van der Waals surface area contributed by atoms with Gasteiger partial charge in [0.15, 0.2) is 6.10 Å². The van der Waals surface area contributed by atoms with Crippen molar-refractivity contribution < 1.29 is 22.7 Å². The summed E-state index contributed by atoms with van der Waals surface area (Å²) in [6.07, 6.45) is -0.998. The normalized spacial score (nSPS) is 16.3. The Hall–Kier alpha value is -3.52. The van der Waals surface area contributed by atoms with E-state index in [9.17, 15) is 13.2 Å². The average molecular weight is 467 g/mol. The third-order valence-corrected chi connectivity index (χ3v) is 7.23. The summed E-state index contributed by atoms with van der Waals surface area (Å²) in [5.74, 6) is 0.439. The first kappa shape index (κ1) is 22.7. The van der Waals surface area contributed by atoms with E-state index in [2.05, 4.69) is 5.32 Å². The predicted octanol–water partition coefficient (Wildman–Crippen LogP) is 3.67. The van der Waals surface area contributed by atoms with Crippen molar-refractivity contribution in [1.82, 2.24) is 5.32 Å². The second-order valence-corrected chi connectivity index (χ2v) is 9.71. The fourth-order valence-corrected chi connectivity index (χ4v) is 5.46. The molecule has 0 spiro atoms. The second kappa shape index (κ2) is 9.54. The molecule has 3 aromatic carbocycles. The van der Waals surface area contributed by atoms with Crippen molar-refractivity contribution in [3.05, 3.63) is 90.0 Å². The zero-order chi connectivity index (χ0) is 23.4. The highest BCUT2D eigenvalue weighted by atomic mass is 32.2. The lowest BCUT2D eigenvalue weighted by Crippen LogP contribution is -2.51. The molecule has 0 aliphatic carbocycles. The summed E-state index contributed by atoms with van der Waals surface area (Å²) in [6, 6.07) is 22.9. The minimum absolute atomic E-state index is 0.114. The lowest BCUT2D eigenvalue weighted by molar-refractivity contribution is -0.128. The molecule has 172 valence electrons. The lowest BCUT2D eigenvalue weighted by Gasteiger charge is -2.35. The summed E-state index contributed by atoms with van der Waals surface area (Å²) < 4.78 is 39.2. The molecule has 8 heteroatoms. The molecular formula is C25H26N2O5S. The van der Waals surface area contributed by atoms with Gasteiger partial charge >= 0.3 is 0 Å². The van der Waals surface area contributed by atoms with Gasteiger partial charge in [-0.25, -0.2) is 8.42 Å². The van der Waals surface area contributed by atoms with Gasteiger partial charge in [0.05, 0.1) is 31.1 Å². The first-order valence-electron chi connectivity index (χ1n) is 10.6. The van der Waals surface area contributed by atoms with Crippen LogP contribution in [-0.4, -0.2) is 34.1 Å². The summed E-state index contributed by atoms with van der Waals surface area (Å²) in [4.78, 5) is 13.1. The molecule has 1 aliphatic heterocycles. The van der Waals surface area contributed by atoms with Gasteiger partial charge in [0.25, 0.3) is 5.91 Å². The van der Waals surface area contributed by atoms with Crippen LogP contribution in [0.1, 0.15) is 24.1 Å². The Morgan fingerprint density at radius 2 is 1.73 bits per heavy atom. The van der Waals surface area contributed by atoms with Crippen molar-refractivity contribution in [2.24, 2.45) is 0 Å². The number of carbonyl (C=O) groups is 1. The number of sulfonamides is 1. The molecule has 0 radical (unpaired) electrons. The molecule has 2 atom stereocenters. The highest BCUT2D eigenvalue weighted by Crippen LogP contribution is 2.36. The van der Waals surface area contributed by atoms with Crippen molar-refractivity contribution in [3.8, 4) is 11.5 Å². The molecule has 0 fully saturated rings. The zero-order valence-corrected chi connectivity index (χ0v) is 19.3. The topological polar surface area (TPSA) is 84.9 Å². The Morgan fingerprint density at radius 1 is 1.06 bits per heavy atom. The maximum atomic E-state index is 13.3. The number of methoxy groups -OCH3 is 1. The van der Waals surface area contributed by atoms with Crippen LogP contribution in [0.25, 0.3) is 0 Å². The van der Waals surface area contributed by atoms with Gasteiger partial charge in [0.1, 0.15) is 11.5 Å². The number of para-hydroxylation sites is 3. The highest BCUT2D eigenvalue weighted by Gasteiger charge is 2.37. The fourth-order valence-electron chi connectivity index (χ4n) is 3.87. The molecule has 2 unspecified atom stereocenters. The van der Waals surface area contributed by atoms with Gasteiger partial charge in [0.2, 0.25) is 10.0 Å². The zero-order valence-electron chi connectivity index (χ0n) is 18.5. The maximum Gasteiger partial charge on any atom is 0.263 e. The summed E-state index contributed by atoms with van der Waals surface area (Å²) in [5.41, 5.74) is 1.92. The molecule has 1 heterocycles. The van der Waals surface area contributed by atoms with E-state index < -0.39 is 22.0 Å². The van der Waals surface area contributed by atoms with E-state index in [0.717, 1.165) is 5.56 Å². The SMILES string of the molecule is COc1ccccc1C(C)NC(=O)C1CN(S(=O)(=O)Cc2ccccc2)c2ccccc2O1. The molecular weight excluding hydrogens is 440 g/mol. The number of benzene rings is 3. The van der Waals surface area contributed by atoms with Crippen LogP contribution in [0.15, 0.2) is 78.9 Å². The Bertz CT molecular complexity index is 1230. The van der Waals surface area contributed by atoms with Crippen LogP contribution in [0, 0.1) is 0 Å². The fraction of sp³-hybridized carbons (Fsp3) is 0.240. The van der Waals surface area contributed by atoms with Gasteiger partial charge in [-0.05, 0) is 30.7 Å². The molecule has 7 nitrogen and oxygen atoms in total. The standard InChI is InChI=1S/C25H26N2O5S/c1-18(20-12-6-8-14-22(20)31-2)26-25(28)24-16-27(21-13-7-9-15-23(21)32-24)33(29,30)17-19-10-4-3-5-11-19/h3-15,18,24H,16-17H2,1-2H3,(H,26,28). The van der Waals surface area contributed by atoms with Crippen LogP contribution < -0.4 is 19.1 Å². The van der Waals surface area contributed by atoms with Crippen molar-refractivity contribution in [2.45, 2.75) is 24.8 Å². The van der Waals surface area contributed by atoms with Crippen molar-refractivity contribution >= 4 is 21.6 Å². The molecule has 0 bridgehead atoms. The maximum absolute atomic E-state index is 13.3. The number of anilines is 1. The van der Waals surface area contributed by atoms with E-state index in [-0.39, 0.29) is 18.3 Å².